The van der Waals surface area contributed by atoms with Gasteiger partial charge in [-0.3, -0.25) is 0 Å². The van der Waals surface area contributed by atoms with Gasteiger partial charge in [-0.1, -0.05) is 20.3 Å². The fraction of sp³-hybridized carbons (Fsp3) is 0.647. The number of hydrogen-bond donors (Lipinski definition) is 2. The largest absolute Gasteiger partial charge is 0.496 e. The molecule has 5 nitrogen and oxygen atoms in total. The summed E-state index contributed by atoms with van der Waals surface area (Å²) in [6, 6.07) is 3.49. The van der Waals surface area contributed by atoms with E-state index in [0.29, 0.717) is 17.0 Å². The van der Waals surface area contributed by atoms with Crippen molar-refractivity contribution in [2.45, 2.75) is 56.9 Å². The Morgan fingerprint density at radius 2 is 2.04 bits per heavy atom. The van der Waals surface area contributed by atoms with Crippen LogP contribution in [0.3, 0.4) is 0 Å². The van der Waals surface area contributed by atoms with E-state index in [4.69, 9.17) is 10.5 Å². The summed E-state index contributed by atoms with van der Waals surface area (Å²) in [5.74, 6) is 1.15. The van der Waals surface area contributed by atoms with Crippen LogP contribution in [0.15, 0.2) is 17.0 Å². The quantitative estimate of drug-likeness (QED) is 0.834. The van der Waals surface area contributed by atoms with Crippen LogP contribution in [0.4, 0.5) is 0 Å². The summed E-state index contributed by atoms with van der Waals surface area (Å²) >= 11 is 0. The van der Waals surface area contributed by atoms with Crippen LogP contribution in [0.5, 0.6) is 5.75 Å². The zero-order chi connectivity index (χ0) is 17.2. The molecule has 1 aliphatic carbocycles. The van der Waals surface area contributed by atoms with Crippen LogP contribution in [-0.2, 0) is 10.0 Å². The van der Waals surface area contributed by atoms with E-state index in [1.807, 2.05) is 13.8 Å². The molecule has 0 bridgehead atoms. The smallest absolute Gasteiger partial charge is 0.241 e. The SMILES string of the molecule is COc1cc(C)c(S(=O)(=O)NC2CCCC2CN)cc1C(C)C. The third-order valence-corrected chi connectivity index (χ3v) is 6.34. The van der Waals surface area contributed by atoms with Gasteiger partial charge in [0.2, 0.25) is 10.0 Å². The van der Waals surface area contributed by atoms with Crippen molar-refractivity contribution in [3.8, 4) is 5.75 Å². The minimum absolute atomic E-state index is 0.0611. The molecule has 2 atom stereocenters. The zero-order valence-corrected chi connectivity index (χ0v) is 15.2. The van der Waals surface area contributed by atoms with Crippen molar-refractivity contribution in [3.63, 3.8) is 0 Å². The first-order valence-electron chi connectivity index (χ1n) is 8.21. The lowest BCUT2D eigenvalue weighted by atomic mass is 10.0. The molecule has 0 spiro atoms. The molecule has 0 heterocycles. The first kappa shape index (κ1) is 18.2. The van der Waals surface area contributed by atoms with Crippen LogP contribution in [-0.4, -0.2) is 28.1 Å². The number of rotatable bonds is 6. The number of sulfonamides is 1. The molecular formula is C17H28N2O3S. The van der Waals surface area contributed by atoms with Crippen molar-refractivity contribution in [2.75, 3.05) is 13.7 Å². The van der Waals surface area contributed by atoms with Gasteiger partial charge in [-0.25, -0.2) is 13.1 Å². The average Bonchev–Trinajstić information content (AvgIpc) is 2.92. The van der Waals surface area contributed by atoms with E-state index < -0.39 is 10.0 Å². The van der Waals surface area contributed by atoms with E-state index in [2.05, 4.69) is 4.72 Å². The minimum atomic E-state index is -3.56. The third-order valence-electron chi connectivity index (χ3n) is 4.71. The molecule has 0 radical (unpaired) electrons. The first-order valence-corrected chi connectivity index (χ1v) is 9.69. The predicted octanol–water partition coefficient (Wildman–Crippen LogP) is 2.53. The van der Waals surface area contributed by atoms with Crippen molar-refractivity contribution in [3.05, 3.63) is 23.3 Å². The van der Waals surface area contributed by atoms with Gasteiger partial charge in [0.1, 0.15) is 5.75 Å². The Morgan fingerprint density at radius 1 is 1.35 bits per heavy atom. The maximum absolute atomic E-state index is 12.9. The molecule has 1 aromatic carbocycles. The fourth-order valence-corrected chi connectivity index (χ4v) is 4.93. The Morgan fingerprint density at radius 3 is 2.61 bits per heavy atom. The topological polar surface area (TPSA) is 81.4 Å². The van der Waals surface area contributed by atoms with Crippen LogP contribution < -0.4 is 15.2 Å². The lowest BCUT2D eigenvalue weighted by Gasteiger charge is -2.21. The van der Waals surface area contributed by atoms with Gasteiger partial charge in [0.25, 0.3) is 0 Å². The van der Waals surface area contributed by atoms with Crippen LogP contribution >= 0.6 is 0 Å². The van der Waals surface area contributed by atoms with E-state index in [1.165, 1.54) is 0 Å². The molecule has 2 unspecified atom stereocenters. The molecule has 1 aliphatic rings. The average molecular weight is 340 g/mol. The van der Waals surface area contributed by atoms with Crippen LogP contribution in [0.1, 0.15) is 50.2 Å². The predicted molar refractivity (Wildman–Crippen MR) is 92.3 cm³/mol. The van der Waals surface area contributed by atoms with Gasteiger partial charge in [-0.05, 0) is 61.4 Å². The highest BCUT2D eigenvalue weighted by Crippen LogP contribution is 2.32. The highest BCUT2D eigenvalue weighted by atomic mass is 32.2. The van der Waals surface area contributed by atoms with Crippen LogP contribution in [0, 0.1) is 12.8 Å². The lowest BCUT2D eigenvalue weighted by Crippen LogP contribution is -2.40. The molecule has 1 fully saturated rings. The van der Waals surface area contributed by atoms with Gasteiger partial charge in [0, 0.05) is 6.04 Å². The molecule has 23 heavy (non-hydrogen) atoms. The molecule has 0 aromatic heterocycles. The molecule has 2 rings (SSSR count). The summed E-state index contributed by atoms with van der Waals surface area (Å²) in [5.41, 5.74) is 7.36. The van der Waals surface area contributed by atoms with E-state index in [1.54, 1.807) is 26.2 Å². The maximum atomic E-state index is 12.9. The molecule has 0 saturated heterocycles. The van der Waals surface area contributed by atoms with E-state index in [0.717, 1.165) is 30.6 Å². The van der Waals surface area contributed by atoms with Gasteiger partial charge in [0.15, 0.2) is 0 Å². The normalized spacial score (nSPS) is 21.8. The molecular weight excluding hydrogens is 312 g/mol. The van der Waals surface area contributed by atoms with Crippen molar-refractivity contribution < 1.29 is 13.2 Å². The Kier molecular flexibility index (Phi) is 5.70. The van der Waals surface area contributed by atoms with Crippen LogP contribution in [0.25, 0.3) is 0 Å². The lowest BCUT2D eigenvalue weighted by molar-refractivity contribution is 0.406. The first-order chi connectivity index (χ1) is 10.8. The number of methoxy groups -OCH3 is 1. The Labute approximate surface area is 139 Å². The van der Waals surface area contributed by atoms with E-state index in [-0.39, 0.29) is 17.9 Å². The molecule has 1 aromatic rings. The second-order valence-electron chi connectivity index (χ2n) is 6.67. The third kappa shape index (κ3) is 3.87. The van der Waals surface area contributed by atoms with Gasteiger partial charge in [-0.2, -0.15) is 0 Å². The minimum Gasteiger partial charge on any atom is -0.496 e. The number of hydrogen-bond acceptors (Lipinski definition) is 4. The summed E-state index contributed by atoms with van der Waals surface area (Å²) in [6.45, 7) is 6.37. The number of benzene rings is 1. The van der Waals surface area contributed by atoms with Crippen LogP contribution in [0.2, 0.25) is 0 Å². The fourth-order valence-electron chi connectivity index (χ4n) is 3.33. The summed E-state index contributed by atoms with van der Waals surface area (Å²) in [7, 11) is -1.95. The van der Waals surface area contributed by atoms with Crippen molar-refractivity contribution in [2.24, 2.45) is 11.7 Å². The van der Waals surface area contributed by atoms with Crippen molar-refractivity contribution >= 4 is 10.0 Å². The summed E-state index contributed by atoms with van der Waals surface area (Å²) in [5, 5.41) is 0. The zero-order valence-electron chi connectivity index (χ0n) is 14.4. The van der Waals surface area contributed by atoms with E-state index in [9.17, 15) is 8.42 Å². The molecule has 6 heteroatoms. The number of nitrogens with two attached hydrogens (primary N) is 1. The molecule has 0 amide bonds. The standard InChI is InChI=1S/C17H28N2O3S/c1-11(2)14-9-17(12(3)8-16(14)22-4)23(20,21)19-15-7-5-6-13(15)10-18/h8-9,11,13,15,19H,5-7,10,18H2,1-4H3. The number of ether oxygens (including phenoxy) is 1. The van der Waals surface area contributed by atoms with Crippen molar-refractivity contribution in [1.29, 1.82) is 0 Å². The molecule has 130 valence electrons. The summed E-state index contributed by atoms with van der Waals surface area (Å²) < 4.78 is 34.0. The van der Waals surface area contributed by atoms with Crippen molar-refractivity contribution in [1.82, 2.24) is 4.72 Å². The van der Waals surface area contributed by atoms with Gasteiger partial charge >= 0.3 is 0 Å². The maximum Gasteiger partial charge on any atom is 0.241 e. The summed E-state index contributed by atoms with van der Waals surface area (Å²) in [4.78, 5) is 0.338. The Hall–Kier alpha value is -1.11. The monoisotopic (exact) mass is 340 g/mol. The van der Waals surface area contributed by atoms with Gasteiger partial charge in [-0.15, -0.1) is 0 Å². The van der Waals surface area contributed by atoms with Gasteiger partial charge < -0.3 is 10.5 Å². The summed E-state index contributed by atoms with van der Waals surface area (Å²) in [6.07, 6.45) is 2.86. The number of nitrogens with one attached hydrogen (secondary N) is 1. The van der Waals surface area contributed by atoms with Gasteiger partial charge in [0.05, 0.1) is 12.0 Å². The number of aryl methyl sites for hydroxylation is 1. The second kappa shape index (κ2) is 7.20. The Bertz CT molecular complexity index is 656. The highest BCUT2D eigenvalue weighted by Gasteiger charge is 2.31. The Balaban J connectivity index is 2.37. The molecule has 3 N–H and O–H groups in total. The molecule has 1 saturated carbocycles. The van der Waals surface area contributed by atoms with E-state index >= 15 is 0 Å². The molecule has 0 aliphatic heterocycles. The highest BCUT2D eigenvalue weighted by molar-refractivity contribution is 7.89. The second-order valence-corrected chi connectivity index (χ2v) is 8.35.